The predicted molar refractivity (Wildman–Crippen MR) is 117 cm³/mol. The summed E-state index contributed by atoms with van der Waals surface area (Å²) in [5.74, 6) is -0.174. The number of non-ortho nitro benzene ring substituents is 1. The molecule has 10 nitrogen and oxygen atoms in total. The second kappa shape index (κ2) is 8.80. The fourth-order valence-electron chi connectivity index (χ4n) is 3.44. The van der Waals surface area contributed by atoms with Crippen LogP contribution in [-0.4, -0.2) is 36.7 Å². The minimum Gasteiger partial charge on any atom is -0.350 e. The van der Waals surface area contributed by atoms with Crippen LogP contribution in [0, 0.1) is 17.0 Å². The molecule has 1 amide bonds. The number of aromatic nitrogens is 4. The lowest BCUT2D eigenvalue weighted by Gasteiger charge is -2.09. The van der Waals surface area contributed by atoms with Gasteiger partial charge >= 0.3 is 0 Å². The van der Waals surface area contributed by atoms with Crippen LogP contribution in [0.2, 0.25) is 0 Å². The zero-order chi connectivity index (χ0) is 22.7. The molecular formula is C22H20N6O4. The van der Waals surface area contributed by atoms with Gasteiger partial charge in [-0.25, -0.2) is 9.67 Å². The quantitative estimate of drug-likeness (QED) is 0.353. The summed E-state index contributed by atoms with van der Waals surface area (Å²) >= 11 is 0. The monoisotopic (exact) mass is 432 g/mol. The van der Waals surface area contributed by atoms with Crippen molar-refractivity contribution in [3.8, 4) is 0 Å². The van der Waals surface area contributed by atoms with E-state index in [0.29, 0.717) is 35.2 Å². The van der Waals surface area contributed by atoms with Crippen molar-refractivity contribution in [2.75, 3.05) is 6.54 Å². The van der Waals surface area contributed by atoms with Gasteiger partial charge in [0, 0.05) is 24.2 Å². The Balaban J connectivity index is 1.48. The number of nitro benzene ring substituents is 1. The standard InChI is InChI=1S/C22H20N6O4/c1-15-5-2-3-8-18(15)21(29)23-9-10-27-20-19(12-25-27)22(30)26(14-24-20)13-16-6-4-7-17(11-16)28(31)32/h2-8,11-12,14H,9-10,13H2,1H3,(H,23,29). The molecule has 0 atom stereocenters. The van der Waals surface area contributed by atoms with Gasteiger partial charge < -0.3 is 5.32 Å². The molecule has 0 aliphatic heterocycles. The molecule has 2 aromatic heterocycles. The van der Waals surface area contributed by atoms with Gasteiger partial charge in [0.05, 0.1) is 24.2 Å². The minimum absolute atomic E-state index is 0.0369. The molecule has 0 aliphatic rings. The first-order valence-corrected chi connectivity index (χ1v) is 9.92. The maximum absolute atomic E-state index is 12.8. The smallest absolute Gasteiger partial charge is 0.269 e. The molecule has 32 heavy (non-hydrogen) atoms. The van der Waals surface area contributed by atoms with E-state index >= 15 is 0 Å². The molecule has 1 N–H and O–H groups in total. The molecule has 0 saturated heterocycles. The molecule has 0 saturated carbocycles. The Morgan fingerprint density at radius 2 is 2.00 bits per heavy atom. The summed E-state index contributed by atoms with van der Waals surface area (Å²) < 4.78 is 2.94. The summed E-state index contributed by atoms with van der Waals surface area (Å²) in [6.45, 7) is 2.70. The normalized spacial score (nSPS) is 10.9. The van der Waals surface area contributed by atoms with E-state index < -0.39 is 4.92 Å². The molecule has 0 aliphatic carbocycles. The third-order valence-electron chi connectivity index (χ3n) is 5.10. The van der Waals surface area contributed by atoms with Gasteiger partial charge in [-0.15, -0.1) is 0 Å². The van der Waals surface area contributed by atoms with E-state index in [0.717, 1.165) is 5.56 Å². The predicted octanol–water partition coefficient (Wildman–Crippen LogP) is 2.29. The van der Waals surface area contributed by atoms with E-state index in [9.17, 15) is 19.7 Å². The van der Waals surface area contributed by atoms with Gasteiger partial charge in [0.25, 0.3) is 17.2 Å². The highest BCUT2D eigenvalue weighted by Gasteiger charge is 2.13. The van der Waals surface area contributed by atoms with Gasteiger partial charge in [-0.1, -0.05) is 30.3 Å². The minimum atomic E-state index is -0.477. The van der Waals surface area contributed by atoms with Crippen LogP contribution in [-0.2, 0) is 13.1 Å². The molecule has 4 aromatic rings. The Labute approximate surface area is 182 Å². The van der Waals surface area contributed by atoms with E-state index in [-0.39, 0.29) is 23.7 Å². The van der Waals surface area contributed by atoms with Crippen LogP contribution in [0.3, 0.4) is 0 Å². The van der Waals surface area contributed by atoms with Gasteiger partial charge in [-0.05, 0) is 24.1 Å². The fourth-order valence-corrected chi connectivity index (χ4v) is 3.44. The lowest BCUT2D eigenvalue weighted by molar-refractivity contribution is -0.384. The average Bonchev–Trinajstić information content (AvgIpc) is 3.20. The molecule has 0 bridgehead atoms. The number of nitro groups is 1. The van der Waals surface area contributed by atoms with Crippen molar-refractivity contribution < 1.29 is 9.72 Å². The number of nitrogens with zero attached hydrogens (tertiary/aromatic N) is 5. The van der Waals surface area contributed by atoms with Crippen LogP contribution in [0.25, 0.3) is 11.0 Å². The highest BCUT2D eigenvalue weighted by molar-refractivity contribution is 5.95. The first-order valence-electron chi connectivity index (χ1n) is 9.92. The third-order valence-corrected chi connectivity index (χ3v) is 5.10. The summed E-state index contributed by atoms with van der Waals surface area (Å²) in [5.41, 5.74) is 2.20. The largest absolute Gasteiger partial charge is 0.350 e. The Kier molecular flexibility index (Phi) is 5.75. The maximum Gasteiger partial charge on any atom is 0.269 e. The van der Waals surface area contributed by atoms with Crippen molar-refractivity contribution in [1.29, 1.82) is 0 Å². The molecule has 2 aromatic carbocycles. The zero-order valence-corrected chi connectivity index (χ0v) is 17.3. The Hall–Kier alpha value is -4.34. The molecule has 2 heterocycles. The van der Waals surface area contributed by atoms with Crippen LogP contribution in [0.15, 0.2) is 65.8 Å². The highest BCUT2D eigenvalue weighted by Crippen LogP contribution is 2.14. The number of fused-ring (bicyclic) bond motifs is 1. The second-order valence-corrected chi connectivity index (χ2v) is 7.28. The topological polar surface area (TPSA) is 125 Å². The SMILES string of the molecule is Cc1ccccc1C(=O)NCCn1ncc2c(=O)n(Cc3cccc([N+](=O)[O-])c3)cnc21. The molecule has 162 valence electrons. The Morgan fingerprint density at radius 3 is 2.78 bits per heavy atom. The lowest BCUT2D eigenvalue weighted by Crippen LogP contribution is -2.28. The van der Waals surface area contributed by atoms with Crippen molar-refractivity contribution in [3.05, 3.63) is 98.2 Å². The summed E-state index contributed by atoms with van der Waals surface area (Å²) in [6.07, 6.45) is 2.84. The zero-order valence-electron chi connectivity index (χ0n) is 17.3. The molecule has 4 rings (SSSR count). The van der Waals surface area contributed by atoms with Gasteiger partial charge in [0.2, 0.25) is 0 Å². The van der Waals surface area contributed by atoms with Crippen molar-refractivity contribution in [2.24, 2.45) is 0 Å². The number of aryl methyl sites for hydroxylation is 1. The van der Waals surface area contributed by atoms with E-state index in [1.807, 2.05) is 25.1 Å². The first-order chi connectivity index (χ1) is 15.4. The van der Waals surface area contributed by atoms with E-state index in [1.54, 1.807) is 22.9 Å². The van der Waals surface area contributed by atoms with Crippen molar-refractivity contribution in [1.82, 2.24) is 24.6 Å². The molecular weight excluding hydrogens is 412 g/mol. The number of rotatable bonds is 7. The number of carbonyl (C=O) groups is 1. The molecule has 0 radical (unpaired) electrons. The van der Waals surface area contributed by atoms with Crippen LogP contribution < -0.4 is 10.9 Å². The number of benzene rings is 2. The maximum atomic E-state index is 12.8. The van der Waals surface area contributed by atoms with Crippen LogP contribution >= 0.6 is 0 Å². The number of hydrogen-bond acceptors (Lipinski definition) is 6. The molecule has 0 unspecified atom stereocenters. The molecule has 10 heteroatoms. The van der Waals surface area contributed by atoms with E-state index in [2.05, 4.69) is 15.4 Å². The number of amides is 1. The van der Waals surface area contributed by atoms with Gasteiger partial charge in [0.1, 0.15) is 11.7 Å². The van der Waals surface area contributed by atoms with Crippen LogP contribution in [0.5, 0.6) is 0 Å². The third kappa shape index (κ3) is 4.24. The summed E-state index contributed by atoms with van der Waals surface area (Å²) in [7, 11) is 0. The summed E-state index contributed by atoms with van der Waals surface area (Å²) in [4.78, 5) is 40.0. The lowest BCUT2D eigenvalue weighted by atomic mass is 10.1. The van der Waals surface area contributed by atoms with Crippen LogP contribution in [0.1, 0.15) is 21.5 Å². The average molecular weight is 432 g/mol. The van der Waals surface area contributed by atoms with E-state index in [1.165, 1.54) is 29.2 Å². The van der Waals surface area contributed by atoms with Crippen molar-refractivity contribution in [3.63, 3.8) is 0 Å². The highest BCUT2D eigenvalue weighted by atomic mass is 16.6. The van der Waals surface area contributed by atoms with Gasteiger partial charge in [0.15, 0.2) is 5.65 Å². The molecule has 0 spiro atoms. The van der Waals surface area contributed by atoms with Crippen molar-refractivity contribution in [2.45, 2.75) is 20.0 Å². The van der Waals surface area contributed by atoms with Gasteiger partial charge in [-0.3, -0.25) is 24.3 Å². The molecule has 0 fully saturated rings. The number of carbonyl (C=O) groups excluding carboxylic acids is 1. The van der Waals surface area contributed by atoms with Gasteiger partial charge in [-0.2, -0.15) is 5.10 Å². The summed E-state index contributed by atoms with van der Waals surface area (Å²) in [5, 5.41) is 18.4. The second-order valence-electron chi connectivity index (χ2n) is 7.28. The van der Waals surface area contributed by atoms with Crippen molar-refractivity contribution >= 4 is 22.6 Å². The first kappa shape index (κ1) is 20.9. The van der Waals surface area contributed by atoms with E-state index in [4.69, 9.17) is 0 Å². The van der Waals surface area contributed by atoms with Crippen LogP contribution in [0.4, 0.5) is 5.69 Å². The number of nitrogens with one attached hydrogen (secondary N) is 1. The fraction of sp³-hybridized carbons (Fsp3) is 0.182. The Morgan fingerprint density at radius 1 is 1.19 bits per heavy atom. The number of hydrogen-bond donors (Lipinski definition) is 1. The Bertz CT molecular complexity index is 1370. The summed E-state index contributed by atoms with van der Waals surface area (Å²) in [6, 6.07) is 13.4.